The van der Waals surface area contributed by atoms with E-state index in [0.29, 0.717) is 5.39 Å². The van der Waals surface area contributed by atoms with Crippen LogP contribution in [0.2, 0.25) is 0 Å². The fraction of sp³-hybridized carbons (Fsp3) is 0. The molecule has 0 aliphatic heterocycles. The SMILES string of the molecule is Oc1c(F)ccc2sc(S)cc12. The first-order valence-electron chi connectivity index (χ1n) is 3.28. The summed E-state index contributed by atoms with van der Waals surface area (Å²) in [5.74, 6) is -0.877. The van der Waals surface area contributed by atoms with Gasteiger partial charge in [-0.3, -0.25) is 0 Å². The maximum atomic E-state index is 12.8. The summed E-state index contributed by atoms with van der Waals surface area (Å²) in [6, 6.07) is 4.54. The number of benzene rings is 1. The summed E-state index contributed by atoms with van der Waals surface area (Å²) < 4.78 is 14.4. The Kier molecular flexibility index (Phi) is 1.73. The van der Waals surface area contributed by atoms with Gasteiger partial charge in [0.1, 0.15) is 0 Å². The Morgan fingerprint density at radius 1 is 1.42 bits per heavy atom. The highest BCUT2D eigenvalue weighted by atomic mass is 32.2. The molecule has 0 spiro atoms. The maximum absolute atomic E-state index is 12.8. The average molecular weight is 200 g/mol. The van der Waals surface area contributed by atoms with E-state index in [1.165, 1.54) is 17.4 Å². The predicted octanol–water partition coefficient (Wildman–Crippen LogP) is 3.03. The topological polar surface area (TPSA) is 20.2 Å². The lowest BCUT2D eigenvalue weighted by Crippen LogP contribution is -1.73. The van der Waals surface area contributed by atoms with Crippen LogP contribution in [0.25, 0.3) is 10.1 Å². The number of aromatic hydroxyl groups is 1. The highest BCUT2D eigenvalue weighted by Crippen LogP contribution is 2.35. The lowest BCUT2D eigenvalue weighted by Gasteiger charge is -1.94. The molecule has 0 bridgehead atoms. The molecule has 62 valence electrons. The van der Waals surface area contributed by atoms with Crippen LogP contribution in [0.15, 0.2) is 22.4 Å². The smallest absolute Gasteiger partial charge is 0.165 e. The largest absolute Gasteiger partial charge is 0.504 e. The number of hydrogen-bond donors (Lipinski definition) is 2. The third kappa shape index (κ3) is 1.07. The van der Waals surface area contributed by atoms with Crippen LogP contribution in [-0.2, 0) is 0 Å². The minimum atomic E-state index is -0.589. The summed E-state index contributed by atoms with van der Waals surface area (Å²) in [4.78, 5) is 0. The molecule has 0 saturated carbocycles. The normalized spacial score (nSPS) is 10.8. The molecule has 0 atom stereocenters. The summed E-state index contributed by atoms with van der Waals surface area (Å²) in [6.07, 6.45) is 0. The van der Waals surface area contributed by atoms with Crippen molar-refractivity contribution in [1.82, 2.24) is 0 Å². The van der Waals surface area contributed by atoms with Crippen molar-refractivity contribution < 1.29 is 9.50 Å². The molecular weight excluding hydrogens is 195 g/mol. The number of phenols is 1. The Bertz CT molecular complexity index is 436. The van der Waals surface area contributed by atoms with Gasteiger partial charge in [0.2, 0.25) is 0 Å². The molecule has 1 heterocycles. The summed E-state index contributed by atoms with van der Waals surface area (Å²) >= 11 is 5.52. The summed E-state index contributed by atoms with van der Waals surface area (Å²) in [7, 11) is 0. The van der Waals surface area contributed by atoms with E-state index in [-0.39, 0.29) is 5.75 Å². The van der Waals surface area contributed by atoms with Crippen LogP contribution in [0.3, 0.4) is 0 Å². The fourth-order valence-electron chi connectivity index (χ4n) is 1.06. The van der Waals surface area contributed by atoms with E-state index >= 15 is 0 Å². The van der Waals surface area contributed by atoms with E-state index in [4.69, 9.17) is 0 Å². The molecule has 0 unspecified atom stereocenters. The van der Waals surface area contributed by atoms with Crippen molar-refractivity contribution in [2.24, 2.45) is 0 Å². The van der Waals surface area contributed by atoms with Crippen LogP contribution in [-0.4, -0.2) is 5.11 Å². The molecular formula is C8H5FOS2. The minimum Gasteiger partial charge on any atom is -0.504 e. The van der Waals surface area contributed by atoms with Gasteiger partial charge in [0.15, 0.2) is 11.6 Å². The van der Waals surface area contributed by atoms with E-state index in [2.05, 4.69) is 12.6 Å². The van der Waals surface area contributed by atoms with Crippen molar-refractivity contribution in [2.45, 2.75) is 4.21 Å². The Morgan fingerprint density at radius 2 is 2.17 bits per heavy atom. The van der Waals surface area contributed by atoms with E-state index in [1.54, 1.807) is 12.1 Å². The summed E-state index contributed by atoms with van der Waals surface area (Å²) in [5, 5.41) is 9.80. The molecule has 0 saturated heterocycles. The zero-order valence-electron chi connectivity index (χ0n) is 5.91. The summed E-state index contributed by atoms with van der Waals surface area (Å²) in [6.45, 7) is 0. The monoisotopic (exact) mass is 200 g/mol. The number of thiol groups is 1. The van der Waals surface area contributed by atoms with Crippen LogP contribution in [0.5, 0.6) is 5.75 Å². The van der Waals surface area contributed by atoms with Crippen molar-refractivity contribution in [3.8, 4) is 5.75 Å². The van der Waals surface area contributed by atoms with Gasteiger partial charge in [0.25, 0.3) is 0 Å². The number of thiophene rings is 1. The van der Waals surface area contributed by atoms with E-state index in [0.717, 1.165) is 8.91 Å². The molecule has 0 amide bonds. The van der Waals surface area contributed by atoms with Crippen molar-refractivity contribution in [2.75, 3.05) is 0 Å². The van der Waals surface area contributed by atoms with Crippen LogP contribution in [0.1, 0.15) is 0 Å². The van der Waals surface area contributed by atoms with Crippen molar-refractivity contribution in [3.05, 3.63) is 24.0 Å². The zero-order chi connectivity index (χ0) is 8.72. The van der Waals surface area contributed by atoms with Gasteiger partial charge in [0.05, 0.1) is 4.21 Å². The molecule has 1 N–H and O–H groups in total. The first kappa shape index (κ1) is 7.89. The lowest BCUT2D eigenvalue weighted by atomic mass is 10.2. The molecule has 2 aromatic rings. The summed E-state index contributed by atoms with van der Waals surface area (Å²) in [5.41, 5.74) is 0. The minimum absolute atomic E-state index is 0.288. The molecule has 0 aliphatic rings. The molecule has 1 aromatic heterocycles. The third-order valence-electron chi connectivity index (χ3n) is 1.61. The number of rotatable bonds is 0. The van der Waals surface area contributed by atoms with Gasteiger partial charge in [0, 0.05) is 10.1 Å². The van der Waals surface area contributed by atoms with Gasteiger partial charge in [-0.05, 0) is 18.2 Å². The van der Waals surface area contributed by atoms with E-state index in [1.807, 2.05) is 0 Å². The number of hydrogen-bond acceptors (Lipinski definition) is 3. The van der Waals surface area contributed by atoms with Crippen molar-refractivity contribution >= 4 is 34.1 Å². The standard InChI is InChI=1S/C8H5FOS2/c9-5-1-2-6-4(8(5)10)3-7(11)12-6/h1-3,10-11H. The van der Waals surface area contributed by atoms with Crippen LogP contribution in [0.4, 0.5) is 4.39 Å². The molecule has 0 radical (unpaired) electrons. The van der Waals surface area contributed by atoms with Crippen molar-refractivity contribution in [1.29, 1.82) is 0 Å². The fourth-order valence-corrected chi connectivity index (χ4v) is 2.28. The van der Waals surface area contributed by atoms with E-state index < -0.39 is 5.82 Å². The lowest BCUT2D eigenvalue weighted by molar-refractivity contribution is 0.439. The predicted molar refractivity (Wildman–Crippen MR) is 50.7 cm³/mol. The molecule has 0 fully saturated rings. The first-order chi connectivity index (χ1) is 5.68. The zero-order valence-corrected chi connectivity index (χ0v) is 7.62. The van der Waals surface area contributed by atoms with Gasteiger partial charge in [-0.25, -0.2) is 4.39 Å². The van der Waals surface area contributed by atoms with Crippen LogP contribution in [0, 0.1) is 5.82 Å². The molecule has 12 heavy (non-hydrogen) atoms. The average Bonchev–Trinajstić information content (AvgIpc) is 2.39. The first-order valence-corrected chi connectivity index (χ1v) is 4.55. The second-order valence-electron chi connectivity index (χ2n) is 2.39. The molecule has 4 heteroatoms. The maximum Gasteiger partial charge on any atom is 0.165 e. The second kappa shape index (κ2) is 2.64. The Labute approximate surface area is 77.9 Å². The van der Waals surface area contributed by atoms with Crippen LogP contribution >= 0.6 is 24.0 Å². The molecule has 0 aliphatic carbocycles. The number of phenolic OH excluding ortho intramolecular Hbond substituents is 1. The van der Waals surface area contributed by atoms with Crippen LogP contribution < -0.4 is 0 Å². The molecule has 1 nitrogen and oxygen atoms in total. The second-order valence-corrected chi connectivity index (χ2v) is 4.26. The highest BCUT2D eigenvalue weighted by molar-refractivity contribution is 7.83. The van der Waals surface area contributed by atoms with Gasteiger partial charge < -0.3 is 5.11 Å². The quantitative estimate of drug-likeness (QED) is 0.626. The molecule has 1 aromatic carbocycles. The number of halogens is 1. The Morgan fingerprint density at radius 3 is 2.92 bits per heavy atom. The molecule has 2 rings (SSSR count). The number of fused-ring (bicyclic) bond motifs is 1. The third-order valence-corrected chi connectivity index (χ3v) is 2.92. The van der Waals surface area contributed by atoms with Gasteiger partial charge in [-0.2, -0.15) is 0 Å². The Balaban J connectivity index is 2.89. The van der Waals surface area contributed by atoms with Gasteiger partial charge in [-0.15, -0.1) is 24.0 Å². The van der Waals surface area contributed by atoms with Gasteiger partial charge >= 0.3 is 0 Å². The highest BCUT2D eigenvalue weighted by Gasteiger charge is 2.07. The van der Waals surface area contributed by atoms with E-state index in [9.17, 15) is 9.50 Å². The Hall–Kier alpha value is -0.740. The van der Waals surface area contributed by atoms with Gasteiger partial charge in [-0.1, -0.05) is 0 Å². The van der Waals surface area contributed by atoms with Crippen molar-refractivity contribution in [3.63, 3.8) is 0 Å².